The van der Waals surface area contributed by atoms with E-state index in [9.17, 15) is 9.59 Å². The van der Waals surface area contributed by atoms with Gasteiger partial charge in [0.2, 0.25) is 5.91 Å². The van der Waals surface area contributed by atoms with Crippen molar-refractivity contribution < 1.29 is 13.9 Å². The zero-order chi connectivity index (χ0) is 16.8. The van der Waals surface area contributed by atoms with Gasteiger partial charge in [-0.15, -0.1) is 0 Å². The fourth-order valence-corrected chi connectivity index (χ4v) is 2.36. The van der Waals surface area contributed by atoms with E-state index < -0.39 is 5.76 Å². The maximum absolute atomic E-state index is 11.8. The molecule has 1 heterocycles. The molecule has 0 radical (unpaired) electrons. The van der Waals surface area contributed by atoms with Crippen LogP contribution >= 0.6 is 0 Å². The molecule has 2 N–H and O–H groups in total. The molecule has 0 aliphatic heterocycles. The second kappa shape index (κ2) is 7.50. The van der Waals surface area contributed by atoms with E-state index in [2.05, 4.69) is 10.3 Å². The molecule has 0 saturated heterocycles. The van der Waals surface area contributed by atoms with Crippen LogP contribution in [0.15, 0.2) is 57.7 Å². The van der Waals surface area contributed by atoms with Crippen LogP contribution in [0.2, 0.25) is 0 Å². The number of carbonyl (C=O) groups is 1. The number of H-pyrrole nitrogens is 1. The number of aromatic nitrogens is 1. The molecule has 6 nitrogen and oxygen atoms in total. The molecule has 1 aromatic heterocycles. The number of nitrogens with one attached hydrogen (secondary N) is 2. The van der Waals surface area contributed by atoms with E-state index in [-0.39, 0.29) is 5.91 Å². The van der Waals surface area contributed by atoms with Crippen molar-refractivity contribution in [3.63, 3.8) is 0 Å². The monoisotopic (exact) mass is 326 g/mol. The lowest BCUT2D eigenvalue weighted by Crippen LogP contribution is -2.27. The summed E-state index contributed by atoms with van der Waals surface area (Å²) in [4.78, 5) is 25.5. The SMILES string of the molecule is O=C(CCOc1ccccc1)NCCc1ccc2[nH]c(=O)oc2c1. The molecule has 0 bridgehead atoms. The van der Waals surface area contributed by atoms with E-state index in [0.29, 0.717) is 37.1 Å². The van der Waals surface area contributed by atoms with Crippen molar-refractivity contribution in [3.8, 4) is 5.75 Å². The average Bonchev–Trinajstić information content (AvgIpc) is 2.95. The summed E-state index contributed by atoms with van der Waals surface area (Å²) in [6.07, 6.45) is 0.969. The lowest BCUT2D eigenvalue weighted by molar-refractivity contribution is -0.121. The van der Waals surface area contributed by atoms with Gasteiger partial charge in [0.1, 0.15) is 5.75 Å². The molecular weight excluding hydrogens is 308 g/mol. The molecule has 24 heavy (non-hydrogen) atoms. The first-order valence-electron chi connectivity index (χ1n) is 7.77. The third-order valence-corrected chi connectivity index (χ3v) is 3.56. The molecule has 0 spiro atoms. The molecular formula is C18H18N2O4. The number of fused-ring (bicyclic) bond motifs is 1. The number of rotatable bonds is 7. The normalized spacial score (nSPS) is 10.7. The summed E-state index contributed by atoms with van der Waals surface area (Å²) < 4.78 is 10.5. The van der Waals surface area contributed by atoms with Crippen LogP contribution in [0.5, 0.6) is 5.75 Å². The molecule has 0 atom stereocenters. The highest BCUT2D eigenvalue weighted by Crippen LogP contribution is 2.12. The lowest BCUT2D eigenvalue weighted by atomic mass is 10.1. The lowest BCUT2D eigenvalue weighted by Gasteiger charge is -2.07. The van der Waals surface area contributed by atoms with Gasteiger partial charge in [-0.2, -0.15) is 0 Å². The quantitative estimate of drug-likeness (QED) is 0.697. The molecule has 3 rings (SSSR count). The van der Waals surface area contributed by atoms with Gasteiger partial charge in [0, 0.05) is 6.54 Å². The minimum Gasteiger partial charge on any atom is -0.493 e. The van der Waals surface area contributed by atoms with Crippen LogP contribution in [0.25, 0.3) is 11.1 Å². The predicted octanol–water partition coefficient (Wildman–Crippen LogP) is 2.25. The van der Waals surface area contributed by atoms with Gasteiger partial charge in [-0.25, -0.2) is 4.79 Å². The summed E-state index contributed by atoms with van der Waals surface area (Å²) in [5.41, 5.74) is 2.19. The van der Waals surface area contributed by atoms with Gasteiger partial charge in [-0.05, 0) is 36.2 Å². The smallest absolute Gasteiger partial charge is 0.417 e. The summed E-state index contributed by atoms with van der Waals surface area (Å²) in [6, 6.07) is 14.9. The second-order valence-corrected chi connectivity index (χ2v) is 5.36. The van der Waals surface area contributed by atoms with Gasteiger partial charge in [0.05, 0.1) is 18.5 Å². The summed E-state index contributed by atoms with van der Waals surface area (Å²) in [6.45, 7) is 0.862. The maximum atomic E-state index is 11.8. The Bertz CT molecular complexity index is 867. The first-order valence-corrected chi connectivity index (χ1v) is 7.77. The zero-order valence-corrected chi connectivity index (χ0v) is 13.1. The Morgan fingerprint density at radius 2 is 2.00 bits per heavy atom. The molecule has 0 fully saturated rings. The molecule has 3 aromatic rings. The predicted molar refractivity (Wildman–Crippen MR) is 90.1 cm³/mol. The average molecular weight is 326 g/mol. The van der Waals surface area contributed by atoms with E-state index in [1.807, 2.05) is 36.4 Å². The largest absolute Gasteiger partial charge is 0.493 e. The van der Waals surface area contributed by atoms with Crippen LogP contribution in [0.4, 0.5) is 0 Å². The fourth-order valence-electron chi connectivity index (χ4n) is 2.36. The summed E-state index contributed by atoms with van der Waals surface area (Å²) in [5, 5.41) is 2.85. The third-order valence-electron chi connectivity index (χ3n) is 3.56. The van der Waals surface area contributed by atoms with Crippen LogP contribution in [-0.2, 0) is 11.2 Å². The number of ether oxygens (including phenoxy) is 1. The Kier molecular flexibility index (Phi) is 4.96. The number of benzene rings is 2. The standard InChI is InChI=1S/C18H18N2O4/c21-17(9-11-23-14-4-2-1-3-5-14)19-10-8-13-6-7-15-16(12-13)24-18(22)20-15/h1-7,12H,8-11H2,(H,19,21)(H,20,22). The van der Waals surface area contributed by atoms with Crippen molar-refractivity contribution in [3.05, 3.63) is 64.6 Å². The van der Waals surface area contributed by atoms with Gasteiger partial charge in [0.15, 0.2) is 5.58 Å². The number of hydrogen-bond acceptors (Lipinski definition) is 4. The van der Waals surface area contributed by atoms with Crippen molar-refractivity contribution in [1.29, 1.82) is 0 Å². The first kappa shape index (κ1) is 15.9. The van der Waals surface area contributed by atoms with E-state index in [4.69, 9.17) is 9.15 Å². The fraction of sp³-hybridized carbons (Fsp3) is 0.222. The maximum Gasteiger partial charge on any atom is 0.417 e. The molecule has 0 saturated carbocycles. The summed E-state index contributed by atoms with van der Waals surface area (Å²) in [5.74, 6) is 0.237. The van der Waals surface area contributed by atoms with Gasteiger partial charge < -0.3 is 14.5 Å². The number of amides is 1. The van der Waals surface area contributed by atoms with Gasteiger partial charge in [-0.1, -0.05) is 24.3 Å². The molecule has 2 aromatic carbocycles. The minimum atomic E-state index is -0.464. The van der Waals surface area contributed by atoms with Gasteiger partial charge >= 0.3 is 5.76 Å². The van der Waals surface area contributed by atoms with Crippen LogP contribution in [0, 0.1) is 0 Å². The molecule has 6 heteroatoms. The van der Waals surface area contributed by atoms with Crippen molar-refractivity contribution in [2.75, 3.05) is 13.2 Å². The molecule has 124 valence electrons. The molecule has 0 aliphatic rings. The Morgan fingerprint density at radius 1 is 1.17 bits per heavy atom. The van der Waals surface area contributed by atoms with Gasteiger partial charge in [0.25, 0.3) is 0 Å². The van der Waals surface area contributed by atoms with E-state index in [1.165, 1.54) is 0 Å². The Balaban J connectivity index is 1.40. The Labute approximate surface area is 138 Å². The second-order valence-electron chi connectivity index (χ2n) is 5.36. The van der Waals surface area contributed by atoms with Crippen LogP contribution in [0.3, 0.4) is 0 Å². The number of para-hydroxylation sites is 1. The van der Waals surface area contributed by atoms with E-state index in [0.717, 1.165) is 11.3 Å². The first-order chi connectivity index (χ1) is 11.7. The molecule has 0 aliphatic carbocycles. The molecule has 1 amide bonds. The van der Waals surface area contributed by atoms with Crippen molar-refractivity contribution >= 4 is 17.0 Å². The van der Waals surface area contributed by atoms with Crippen LogP contribution in [0.1, 0.15) is 12.0 Å². The Morgan fingerprint density at radius 3 is 2.83 bits per heavy atom. The summed E-state index contributed by atoms with van der Waals surface area (Å²) >= 11 is 0. The van der Waals surface area contributed by atoms with Gasteiger partial charge in [-0.3, -0.25) is 9.78 Å². The van der Waals surface area contributed by atoms with Crippen LogP contribution in [-0.4, -0.2) is 24.0 Å². The number of hydrogen-bond donors (Lipinski definition) is 2. The van der Waals surface area contributed by atoms with Crippen LogP contribution < -0.4 is 15.8 Å². The van der Waals surface area contributed by atoms with Crippen molar-refractivity contribution in [1.82, 2.24) is 10.3 Å². The topological polar surface area (TPSA) is 84.3 Å². The Hall–Kier alpha value is -3.02. The summed E-state index contributed by atoms with van der Waals surface area (Å²) in [7, 11) is 0. The number of carbonyl (C=O) groups excluding carboxylic acids is 1. The van der Waals surface area contributed by atoms with E-state index >= 15 is 0 Å². The minimum absolute atomic E-state index is 0.0554. The van der Waals surface area contributed by atoms with Crippen molar-refractivity contribution in [2.45, 2.75) is 12.8 Å². The molecule has 0 unspecified atom stereocenters. The highest BCUT2D eigenvalue weighted by Gasteiger charge is 2.04. The number of aromatic amines is 1. The highest BCUT2D eigenvalue weighted by atomic mass is 16.5. The number of oxazole rings is 1. The zero-order valence-electron chi connectivity index (χ0n) is 13.1. The third kappa shape index (κ3) is 4.25. The van der Waals surface area contributed by atoms with Crippen molar-refractivity contribution in [2.24, 2.45) is 0 Å². The van der Waals surface area contributed by atoms with E-state index in [1.54, 1.807) is 12.1 Å². The highest BCUT2D eigenvalue weighted by molar-refractivity contribution is 5.76.